The number of phosphoric ester groups is 1. The molecule has 0 rings (SSSR count). The molecular formula is C24H46NO8P. The maximum absolute atomic E-state index is 12.2. The van der Waals surface area contributed by atoms with E-state index in [-0.39, 0.29) is 26.1 Å². The zero-order valence-electron chi connectivity index (χ0n) is 21.8. The summed E-state index contributed by atoms with van der Waals surface area (Å²) in [7, 11) is 1.15. The standard InChI is InChI=1S/C24H46NO8P/c1-6-8-9-10-11-12-13-14-15-16-17-24(27)33-22(20-30-23(26)7-2)21-32-34(28,29)31-19-18-25(3,4)5/h9-10,22H,6-8,11-21H2,1-5H3/b10-9-. The molecule has 200 valence electrons. The summed E-state index contributed by atoms with van der Waals surface area (Å²) in [6.45, 7) is 3.48. The van der Waals surface area contributed by atoms with Crippen LogP contribution in [0.2, 0.25) is 0 Å². The third-order valence-electron chi connectivity index (χ3n) is 4.82. The Hall–Kier alpha value is -1.25. The fourth-order valence-corrected chi connectivity index (χ4v) is 3.48. The number of hydrogen-bond acceptors (Lipinski definition) is 8. The van der Waals surface area contributed by atoms with Crippen molar-refractivity contribution in [2.24, 2.45) is 0 Å². The van der Waals surface area contributed by atoms with Gasteiger partial charge in [0.15, 0.2) is 6.10 Å². The molecule has 0 aliphatic carbocycles. The Labute approximate surface area is 206 Å². The van der Waals surface area contributed by atoms with E-state index < -0.39 is 32.5 Å². The third-order valence-corrected chi connectivity index (χ3v) is 5.78. The molecule has 0 aliphatic rings. The molecule has 0 radical (unpaired) electrons. The molecule has 0 fully saturated rings. The fourth-order valence-electron chi connectivity index (χ4n) is 2.75. The zero-order chi connectivity index (χ0) is 25.9. The van der Waals surface area contributed by atoms with Crippen molar-refractivity contribution in [3.8, 4) is 0 Å². The van der Waals surface area contributed by atoms with Gasteiger partial charge in [0, 0.05) is 12.8 Å². The van der Waals surface area contributed by atoms with E-state index in [1.54, 1.807) is 6.92 Å². The smallest absolute Gasteiger partial charge is 0.306 e. The van der Waals surface area contributed by atoms with E-state index in [0.717, 1.165) is 38.5 Å². The molecule has 0 bridgehead atoms. The van der Waals surface area contributed by atoms with Gasteiger partial charge in [-0.05, 0) is 25.7 Å². The zero-order valence-corrected chi connectivity index (χ0v) is 22.7. The number of nitrogens with zero attached hydrogens (tertiary/aromatic N) is 1. The SMILES string of the molecule is CCC/C=C\CCCCCCCC(=O)OC(COC(=O)CC)COP(=O)([O-])OCC[N+](C)(C)C. The van der Waals surface area contributed by atoms with E-state index >= 15 is 0 Å². The second-order valence-electron chi connectivity index (χ2n) is 9.31. The Balaban J connectivity index is 4.36. The molecule has 2 atom stereocenters. The Morgan fingerprint density at radius 2 is 1.56 bits per heavy atom. The first-order valence-electron chi connectivity index (χ1n) is 12.4. The van der Waals surface area contributed by atoms with Gasteiger partial charge in [0.05, 0.1) is 27.7 Å². The van der Waals surface area contributed by atoms with Crippen LogP contribution in [0.3, 0.4) is 0 Å². The number of carbonyl (C=O) groups is 2. The Kier molecular flexibility index (Phi) is 18.3. The fraction of sp³-hybridized carbons (Fsp3) is 0.833. The van der Waals surface area contributed by atoms with Gasteiger partial charge in [0.25, 0.3) is 7.82 Å². The predicted molar refractivity (Wildman–Crippen MR) is 130 cm³/mol. The van der Waals surface area contributed by atoms with Crippen molar-refractivity contribution in [2.75, 3.05) is 47.5 Å². The molecule has 0 aromatic heterocycles. The summed E-state index contributed by atoms with van der Waals surface area (Å²) in [5.41, 5.74) is 0. The second-order valence-corrected chi connectivity index (χ2v) is 10.7. The van der Waals surface area contributed by atoms with Crippen LogP contribution in [0.1, 0.15) is 78.1 Å². The van der Waals surface area contributed by atoms with Crippen LogP contribution in [0.5, 0.6) is 0 Å². The first-order valence-corrected chi connectivity index (χ1v) is 13.9. The van der Waals surface area contributed by atoms with Crippen molar-refractivity contribution in [1.29, 1.82) is 0 Å². The number of phosphoric acid groups is 1. The van der Waals surface area contributed by atoms with E-state index in [0.29, 0.717) is 17.4 Å². The Morgan fingerprint density at radius 1 is 0.912 bits per heavy atom. The van der Waals surface area contributed by atoms with Crippen molar-refractivity contribution in [1.82, 2.24) is 0 Å². The van der Waals surface area contributed by atoms with Gasteiger partial charge >= 0.3 is 11.9 Å². The van der Waals surface area contributed by atoms with Crippen molar-refractivity contribution < 1.29 is 42.1 Å². The molecule has 2 unspecified atom stereocenters. The monoisotopic (exact) mass is 507 g/mol. The normalized spacial score (nSPS) is 14.6. The largest absolute Gasteiger partial charge is 0.756 e. The molecule has 0 saturated heterocycles. The lowest BCUT2D eigenvalue weighted by atomic mass is 10.1. The molecule has 0 N–H and O–H groups in total. The molecule has 0 amide bonds. The molecule has 0 aromatic rings. The maximum atomic E-state index is 12.2. The van der Waals surface area contributed by atoms with Crippen LogP contribution < -0.4 is 4.89 Å². The summed E-state index contributed by atoms with van der Waals surface area (Å²) in [4.78, 5) is 35.7. The Bertz CT molecular complexity index is 633. The van der Waals surface area contributed by atoms with Crippen LogP contribution in [-0.4, -0.2) is 70.0 Å². The number of likely N-dealkylation sites (N-methyl/N-ethyl adjacent to an activating group) is 1. The van der Waals surface area contributed by atoms with Crippen LogP contribution in [0, 0.1) is 0 Å². The van der Waals surface area contributed by atoms with Crippen molar-refractivity contribution >= 4 is 19.8 Å². The first kappa shape index (κ1) is 32.8. The molecule has 0 saturated carbocycles. The van der Waals surface area contributed by atoms with E-state index in [2.05, 4.69) is 19.1 Å². The van der Waals surface area contributed by atoms with Gasteiger partial charge in [-0.2, -0.15) is 0 Å². The summed E-state index contributed by atoms with van der Waals surface area (Å²) in [6.07, 6.45) is 12.1. The molecule has 0 aromatic carbocycles. The number of quaternary nitrogens is 1. The van der Waals surface area contributed by atoms with Crippen molar-refractivity contribution in [3.63, 3.8) is 0 Å². The number of carbonyl (C=O) groups excluding carboxylic acids is 2. The quantitative estimate of drug-likeness (QED) is 0.0749. The number of allylic oxidation sites excluding steroid dienone is 2. The summed E-state index contributed by atoms with van der Waals surface area (Å²) in [5, 5.41) is 0. The highest BCUT2D eigenvalue weighted by atomic mass is 31.2. The van der Waals surface area contributed by atoms with Gasteiger partial charge in [-0.15, -0.1) is 0 Å². The van der Waals surface area contributed by atoms with Gasteiger partial charge in [-0.3, -0.25) is 14.2 Å². The van der Waals surface area contributed by atoms with Crippen LogP contribution in [0.4, 0.5) is 0 Å². The molecule has 0 aliphatic heterocycles. The minimum atomic E-state index is -4.57. The van der Waals surface area contributed by atoms with E-state index in [1.807, 2.05) is 21.1 Å². The molecule has 10 heteroatoms. The number of unbranched alkanes of at least 4 members (excludes halogenated alkanes) is 6. The lowest BCUT2D eigenvalue weighted by molar-refractivity contribution is -0.870. The van der Waals surface area contributed by atoms with Gasteiger partial charge in [0.1, 0.15) is 19.8 Å². The van der Waals surface area contributed by atoms with Crippen LogP contribution in [-0.2, 0) is 32.7 Å². The molecule has 34 heavy (non-hydrogen) atoms. The Morgan fingerprint density at radius 3 is 2.21 bits per heavy atom. The molecule has 9 nitrogen and oxygen atoms in total. The molecular weight excluding hydrogens is 461 g/mol. The lowest BCUT2D eigenvalue weighted by Crippen LogP contribution is -2.37. The topological polar surface area (TPSA) is 111 Å². The maximum Gasteiger partial charge on any atom is 0.306 e. The average molecular weight is 508 g/mol. The van der Waals surface area contributed by atoms with Crippen LogP contribution in [0.15, 0.2) is 12.2 Å². The predicted octanol–water partition coefficient (Wildman–Crippen LogP) is 4.15. The minimum Gasteiger partial charge on any atom is -0.756 e. The number of hydrogen-bond donors (Lipinski definition) is 0. The summed E-state index contributed by atoms with van der Waals surface area (Å²) < 4.78 is 32.6. The number of esters is 2. The van der Waals surface area contributed by atoms with E-state index in [4.69, 9.17) is 18.5 Å². The number of rotatable bonds is 21. The molecule has 0 heterocycles. The first-order chi connectivity index (χ1) is 16.0. The average Bonchev–Trinajstić information content (AvgIpc) is 2.75. The summed E-state index contributed by atoms with van der Waals surface area (Å²) in [5.74, 6) is -0.953. The van der Waals surface area contributed by atoms with Gasteiger partial charge < -0.3 is 27.9 Å². The van der Waals surface area contributed by atoms with Crippen molar-refractivity contribution in [2.45, 2.75) is 84.2 Å². The lowest BCUT2D eigenvalue weighted by Gasteiger charge is -2.28. The minimum absolute atomic E-state index is 0.0332. The van der Waals surface area contributed by atoms with Crippen LogP contribution >= 0.6 is 7.82 Å². The highest BCUT2D eigenvalue weighted by Crippen LogP contribution is 2.38. The second kappa shape index (κ2) is 19.0. The van der Waals surface area contributed by atoms with Gasteiger partial charge in [0.2, 0.25) is 0 Å². The molecule has 0 spiro atoms. The highest BCUT2D eigenvalue weighted by molar-refractivity contribution is 7.45. The number of ether oxygens (including phenoxy) is 2. The van der Waals surface area contributed by atoms with E-state index in [9.17, 15) is 19.0 Å². The van der Waals surface area contributed by atoms with Gasteiger partial charge in [-0.25, -0.2) is 0 Å². The van der Waals surface area contributed by atoms with E-state index in [1.165, 1.54) is 6.42 Å². The summed E-state index contributed by atoms with van der Waals surface area (Å²) >= 11 is 0. The highest BCUT2D eigenvalue weighted by Gasteiger charge is 2.21. The van der Waals surface area contributed by atoms with Crippen LogP contribution in [0.25, 0.3) is 0 Å². The van der Waals surface area contributed by atoms with Gasteiger partial charge in [-0.1, -0.05) is 51.7 Å². The van der Waals surface area contributed by atoms with Crippen molar-refractivity contribution in [3.05, 3.63) is 12.2 Å². The summed E-state index contributed by atoms with van der Waals surface area (Å²) in [6, 6.07) is 0. The third kappa shape index (κ3) is 21.3.